The highest BCUT2D eigenvalue weighted by molar-refractivity contribution is 7.99. The largest absolute Gasteiger partial charge is 0.342 e. The number of halogens is 1. The average molecular weight is 517 g/mol. The number of thioether (sulfide) groups is 1. The molecule has 1 heterocycles. The summed E-state index contributed by atoms with van der Waals surface area (Å²) in [5, 5.41) is 25.9. The number of hydrogen-bond acceptors (Lipinski definition) is 7. The minimum atomic E-state index is -0.485. The normalized spacial score (nSPS) is 11.8. The number of aromatic nitrogens is 3. The van der Waals surface area contributed by atoms with Gasteiger partial charge in [-0.05, 0) is 36.6 Å². The van der Waals surface area contributed by atoms with Gasteiger partial charge in [0, 0.05) is 24.9 Å². The molecule has 35 heavy (non-hydrogen) atoms. The molecule has 0 fully saturated rings. The van der Waals surface area contributed by atoms with Crippen LogP contribution < -0.4 is 10.6 Å². The van der Waals surface area contributed by atoms with E-state index in [1.165, 1.54) is 30.0 Å². The van der Waals surface area contributed by atoms with Crippen LogP contribution >= 0.6 is 23.4 Å². The van der Waals surface area contributed by atoms with E-state index >= 15 is 0 Å². The van der Waals surface area contributed by atoms with Crippen LogP contribution in [0.5, 0.6) is 0 Å². The molecule has 0 spiro atoms. The maximum atomic E-state index is 12.8. The second-order valence-electron chi connectivity index (χ2n) is 8.17. The summed E-state index contributed by atoms with van der Waals surface area (Å²) < 4.78 is 1.74. The molecule has 0 saturated carbocycles. The van der Waals surface area contributed by atoms with E-state index in [2.05, 4.69) is 20.8 Å². The first-order chi connectivity index (χ1) is 16.6. The van der Waals surface area contributed by atoms with Crippen LogP contribution in [-0.2, 0) is 11.8 Å². The molecule has 0 aliphatic rings. The zero-order chi connectivity index (χ0) is 25.7. The number of carbonyl (C=O) groups excluding carboxylic acids is 2. The molecular formula is C23H25ClN6O4S. The van der Waals surface area contributed by atoms with E-state index in [9.17, 15) is 19.7 Å². The molecule has 10 nitrogen and oxygen atoms in total. The van der Waals surface area contributed by atoms with Crippen LogP contribution in [0.15, 0.2) is 47.6 Å². The zero-order valence-electron chi connectivity index (χ0n) is 19.6. The van der Waals surface area contributed by atoms with Crippen molar-refractivity contribution in [2.24, 2.45) is 13.0 Å². The van der Waals surface area contributed by atoms with Gasteiger partial charge in [-0.2, -0.15) is 0 Å². The van der Waals surface area contributed by atoms with E-state index in [-0.39, 0.29) is 29.2 Å². The number of nitrogens with one attached hydrogen (secondary N) is 2. The molecule has 3 aromatic rings. The summed E-state index contributed by atoms with van der Waals surface area (Å²) >= 11 is 7.35. The SMILES string of the molecule is Cc1cc([N+](=O)[O-])ccc1NC(=O)CSc1nnc([C@H](NC(=O)c2ccccc2Cl)C(C)C)n1C. The van der Waals surface area contributed by atoms with Gasteiger partial charge < -0.3 is 15.2 Å². The van der Waals surface area contributed by atoms with Crippen molar-refractivity contribution in [2.45, 2.75) is 32.0 Å². The Balaban J connectivity index is 1.67. The molecule has 0 bridgehead atoms. The molecule has 0 aliphatic carbocycles. The van der Waals surface area contributed by atoms with Gasteiger partial charge in [-0.15, -0.1) is 10.2 Å². The summed E-state index contributed by atoms with van der Waals surface area (Å²) in [5.41, 5.74) is 1.42. The Labute approximate surface area is 211 Å². The molecule has 2 N–H and O–H groups in total. The molecule has 1 aromatic heterocycles. The first-order valence-electron chi connectivity index (χ1n) is 10.7. The number of aryl methyl sites for hydroxylation is 1. The number of nitro groups is 1. The third-order valence-electron chi connectivity index (χ3n) is 5.25. The summed E-state index contributed by atoms with van der Waals surface area (Å²) in [7, 11) is 1.77. The Bertz CT molecular complexity index is 1260. The fraction of sp³-hybridized carbons (Fsp3) is 0.304. The molecule has 1 atom stereocenters. The molecule has 0 unspecified atom stereocenters. The van der Waals surface area contributed by atoms with Gasteiger partial charge in [0.15, 0.2) is 11.0 Å². The van der Waals surface area contributed by atoms with Crippen LogP contribution in [0.4, 0.5) is 11.4 Å². The van der Waals surface area contributed by atoms with Gasteiger partial charge in [0.05, 0.1) is 27.3 Å². The van der Waals surface area contributed by atoms with Crippen molar-refractivity contribution >= 4 is 46.6 Å². The smallest absolute Gasteiger partial charge is 0.269 e. The van der Waals surface area contributed by atoms with Gasteiger partial charge in [-0.3, -0.25) is 19.7 Å². The summed E-state index contributed by atoms with van der Waals surface area (Å²) in [4.78, 5) is 35.7. The van der Waals surface area contributed by atoms with E-state index < -0.39 is 11.0 Å². The maximum Gasteiger partial charge on any atom is 0.269 e. The van der Waals surface area contributed by atoms with Crippen molar-refractivity contribution in [3.63, 3.8) is 0 Å². The first kappa shape index (κ1) is 26.2. The summed E-state index contributed by atoms with van der Waals surface area (Å²) in [5.74, 6) is 0.0131. The molecule has 12 heteroatoms. The van der Waals surface area contributed by atoms with E-state index in [4.69, 9.17) is 11.6 Å². The summed E-state index contributed by atoms with van der Waals surface area (Å²) in [6, 6.07) is 10.6. The Kier molecular flexibility index (Phi) is 8.47. The number of amides is 2. The Hall–Kier alpha value is -3.44. The topological polar surface area (TPSA) is 132 Å². The van der Waals surface area contributed by atoms with E-state index in [0.29, 0.717) is 32.8 Å². The minimum Gasteiger partial charge on any atom is -0.342 e. The Morgan fingerprint density at radius 3 is 2.54 bits per heavy atom. The number of non-ortho nitro benzene ring substituents is 1. The first-order valence-corrected chi connectivity index (χ1v) is 12.1. The third kappa shape index (κ3) is 6.37. The second-order valence-corrected chi connectivity index (χ2v) is 9.52. The molecular weight excluding hydrogens is 492 g/mol. The predicted molar refractivity (Wildman–Crippen MR) is 135 cm³/mol. The average Bonchev–Trinajstić information content (AvgIpc) is 3.17. The summed E-state index contributed by atoms with van der Waals surface area (Å²) in [6.07, 6.45) is 0. The Morgan fingerprint density at radius 1 is 1.20 bits per heavy atom. The van der Waals surface area contributed by atoms with Crippen molar-refractivity contribution in [3.8, 4) is 0 Å². The monoisotopic (exact) mass is 516 g/mol. The van der Waals surface area contributed by atoms with E-state index in [1.807, 2.05) is 13.8 Å². The summed E-state index contributed by atoms with van der Waals surface area (Å²) in [6.45, 7) is 5.60. The molecule has 0 aliphatic heterocycles. The quantitative estimate of drug-likeness (QED) is 0.242. The fourth-order valence-corrected chi connectivity index (χ4v) is 4.27. The second kappa shape index (κ2) is 11.3. The molecule has 0 radical (unpaired) electrons. The third-order valence-corrected chi connectivity index (χ3v) is 6.60. The standard InChI is InChI=1S/C23H25ClN6O4S/c1-13(2)20(26-22(32)16-7-5-6-8-17(16)24)21-27-28-23(29(21)4)35-12-19(31)25-18-10-9-15(30(33)34)11-14(18)3/h5-11,13,20H,12H2,1-4H3,(H,25,31)(H,26,32)/t20-/m1/s1. The van der Waals surface area contributed by atoms with E-state index in [1.54, 1.807) is 42.8 Å². The van der Waals surface area contributed by atoms with Crippen molar-refractivity contribution in [1.82, 2.24) is 20.1 Å². The van der Waals surface area contributed by atoms with Crippen LogP contribution in [0.2, 0.25) is 5.02 Å². The van der Waals surface area contributed by atoms with Crippen LogP contribution in [0, 0.1) is 23.0 Å². The Morgan fingerprint density at radius 2 is 1.91 bits per heavy atom. The van der Waals surface area contributed by atoms with Crippen LogP contribution in [-0.4, -0.2) is 37.3 Å². The highest BCUT2D eigenvalue weighted by Gasteiger charge is 2.26. The molecule has 2 aromatic carbocycles. The van der Waals surface area contributed by atoms with Crippen molar-refractivity contribution in [1.29, 1.82) is 0 Å². The van der Waals surface area contributed by atoms with Gasteiger partial charge in [0.2, 0.25) is 5.91 Å². The van der Waals surface area contributed by atoms with Gasteiger partial charge in [0.25, 0.3) is 11.6 Å². The van der Waals surface area contributed by atoms with Crippen molar-refractivity contribution in [3.05, 3.63) is 74.6 Å². The van der Waals surface area contributed by atoms with Crippen molar-refractivity contribution in [2.75, 3.05) is 11.1 Å². The fourth-order valence-electron chi connectivity index (χ4n) is 3.33. The van der Waals surface area contributed by atoms with E-state index in [0.717, 1.165) is 0 Å². The lowest BCUT2D eigenvalue weighted by atomic mass is 10.0. The minimum absolute atomic E-state index is 0.00981. The van der Waals surface area contributed by atoms with Crippen molar-refractivity contribution < 1.29 is 14.5 Å². The van der Waals surface area contributed by atoms with Gasteiger partial charge in [0.1, 0.15) is 0 Å². The number of nitrogens with zero attached hydrogens (tertiary/aromatic N) is 4. The zero-order valence-corrected chi connectivity index (χ0v) is 21.2. The molecule has 184 valence electrons. The molecule has 3 rings (SSSR count). The number of benzene rings is 2. The maximum absolute atomic E-state index is 12.8. The highest BCUT2D eigenvalue weighted by Crippen LogP contribution is 2.26. The number of carbonyl (C=O) groups is 2. The van der Waals surface area contributed by atoms with Crippen LogP contribution in [0.3, 0.4) is 0 Å². The number of rotatable bonds is 9. The van der Waals surface area contributed by atoms with Crippen LogP contribution in [0.25, 0.3) is 0 Å². The number of anilines is 1. The predicted octanol–water partition coefficient (Wildman–Crippen LogP) is 4.54. The van der Waals surface area contributed by atoms with Gasteiger partial charge >= 0.3 is 0 Å². The lowest BCUT2D eigenvalue weighted by molar-refractivity contribution is -0.384. The van der Waals surface area contributed by atoms with Gasteiger partial charge in [-0.25, -0.2) is 0 Å². The molecule has 0 saturated heterocycles. The lowest BCUT2D eigenvalue weighted by Gasteiger charge is -2.22. The lowest BCUT2D eigenvalue weighted by Crippen LogP contribution is -2.33. The van der Waals surface area contributed by atoms with Crippen LogP contribution in [0.1, 0.15) is 41.6 Å². The highest BCUT2D eigenvalue weighted by atomic mass is 35.5. The van der Waals surface area contributed by atoms with Gasteiger partial charge in [-0.1, -0.05) is 49.3 Å². The number of nitro benzene ring substituents is 1. The number of hydrogen-bond donors (Lipinski definition) is 2. The molecule has 2 amide bonds.